The third-order valence-corrected chi connectivity index (χ3v) is 12.0. The lowest BCUT2D eigenvalue weighted by atomic mass is 9.96. The number of hydrogen-bond acceptors (Lipinski definition) is 10. The second-order valence-corrected chi connectivity index (χ2v) is 16.8. The van der Waals surface area contributed by atoms with Crippen molar-refractivity contribution < 1.29 is 36.0 Å². The Morgan fingerprint density at radius 2 is 0.889 bits per heavy atom. The minimum Gasteiger partial charge on any atom is -0.350 e. The highest BCUT2D eigenvalue weighted by Gasteiger charge is 2.23. The largest absolute Gasteiger partial charge is 0.350 e. The molecule has 0 saturated heterocycles. The lowest BCUT2D eigenvalue weighted by Crippen LogP contribution is -2.45. The third-order valence-electron chi connectivity index (χ3n) is 9.32. The van der Waals surface area contributed by atoms with Crippen molar-refractivity contribution >= 4 is 43.9 Å². The summed E-state index contributed by atoms with van der Waals surface area (Å²) in [6.45, 7) is 0.437. The molecule has 2 saturated carbocycles. The van der Waals surface area contributed by atoms with Gasteiger partial charge in [0, 0.05) is 25.2 Å². The maximum Gasteiger partial charge on any atom is 0.328 e. The van der Waals surface area contributed by atoms with Crippen molar-refractivity contribution in [3.63, 3.8) is 0 Å². The first-order valence-electron chi connectivity index (χ1n) is 18.1. The Morgan fingerprint density at radius 3 is 1.22 bits per heavy atom. The smallest absolute Gasteiger partial charge is 0.328 e. The normalized spacial score (nSPS) is 15.4. The highest BCUT2D eigenvalue weighted by atomic mass is 32.2. The number of urea groups is 2. The van der Waals surface area contributed by atoms with Gasteiger partial charge in [-0.1, -0.05) is 62.8 Å². The monoisotopic (exact) mass is 782 g/mol. The van der Waals surface area contributed by atoms with E-state index in [0.717, 1.165) is 75.3 Å². The maximum atomic E-state index is 12.6. The van der Waals surface area contributed by atoms with Crippen LogP contribution in [0, 0.1) is 0 Å². The van der Waals surface area contributed by atoms with Crippen LogP contribution >= 0.6 is 0 Å². The van der Waals surface area contributed by atoms with Gasteiger partial charge in [0.1, 0.15) is 11.4 Å². The third kappa shape index (κ3) is 12.0. The molecule has 6 N–H and O–H groups in total. The van der Waals surface area contributed by atoms with E-state index in [9.17, 15) is 36.0 Å². The molecule has 2 aliphatic carbocycles. The van der Waals surface area contributed by atoms with Gasteiger partial charge in [-0.3, -0.25) is 9.59 Å². The molecule has 1 heterocycles. The minimum atomic E-state index is -4.04. The van der Waals surface area contributed by atoms with Gasteiger partial charge in [0.05, 0.1) is 22.2 Å². The molecule has 0 unspecified atom stereocenters. The average Bonchev–Trinajstić information content (AvgIpc) is 3.15. The first-order chi connectivity index (χ1) is 25.9. The summed E-state index contributed by atoms with van der Waals surface area (Å²) >= 11 is 0. The number of carbonyl (C=O) groups is 4. The second-order valence-electron chi connectivity index (χ2n) is 13.4. The number of hydrogen-bond donors (Lipinski definition) is 6. The summed E-state index contributed by atoms with van der Waals surface area (Å²) in [6.07, 6.45) is 12.7. The van der Waals surface area contributed by atoms with Crippen molar-refractivity contribution in [1.29, 1.82) is 0 Å². The van der Waals surface area contributed by atoms with Crippen molar-refractivity contribution in [3.8, 4) is 0 Å². The number of aromatic nitrogens is 2. The molecular weight excluding hydrogens is 737 g/mol. The number of nitrogens with one attached hydrogen (secondary N) is 6. The van der Waals surface area contributed by atoms with Crippen LogP contribution in [-0.4, -0.2) is 75.9 Å². The second kappa shape index (κ2) is 18.8. The van der Waals surface area contributed by atoms with Crippen LogP contribution in [0.2, 0.25) is 0 Å². The Balaban J connectivity index is 1.00. The molecule has 0 aliphatic heterocycles. The fourth-order valence-corrected chi connectivity index (χ4v) is 8.17. The molecule has 2 aliphatic rings. The first kappa shape index (κ1) is 40.1. The zero-order chi connectivity index (χ0) is 38.6. The Bertz CT molecular complexity index is 1840. The molecule has 54 heavy (non-hydrogen) atoms. The topological polar surface area (TPSA) is 235 Å². The van der Waals surface area contributed by atoms with E-state index in [1.165, 1.54) is 36.7 Å². The summed E-state index contributed by atoms with van der Waals surface area (Å²) in [6, 6.07) is 10.4. The fourth-order valence-electron chi connectivity index (χ4n) is 6.34. The molecule has 3 aromatic rings. The zero-order valence-electron chi connectivity index (χ0n) is 29.8. The van der Waals surface area contributed by atoms with Crippen LogP contribution in [0.5, 0.6) is 0 Å². The van der Waals surface area contributed by atoms with E-state index < -0.39 is 43.9 Å². The van der Waals surface area contributed by atoms with Gasteiger partial charge in [-0.25, -0.2) is 45.8 Å². The summed E-state index contributed by atoms with van der Waals surface area (Å²) in [5.74, 6) is -1.01. The Morgan fingerprint density at radius 1 is 0.537 bits per heavy atom. The molecule has 0 spiro atoms. The number of rotatable bonds is 14. The number of sulfonamides is 2. The number of carbonyl (C=O) groups excluding carboxylic acids is 4. The Labute approximate surface area is 315 Å². The standard InChI is InChI=1S/C36H46N8O8S2/c45-33(37-21-19-25-11-15-29(16-12-25)53(49,50)43-35(47)41-27-7-3-1-4-8-27)31-23-40-32(24-39-31)34(46)38-22-20-26-13-17-30(18-14-26)54(51,52)44-36(48)42-28-9-5-2-6-10-28/h11-18,23-24,27-28H,1-10,19-22H2,(H,37,45)(H,38,46)(H2,41,43,47)(H2,42,44,48). The van der Waals surface area contributed by atoms with Crippen molar-refractivity contribution in [2.75, 3.05) is 13.1 Å². The molecule has 16 nitrogen and oxygen atoms in total. The van der Waals surface area contributed by atoms with Crippen LogP contribution < -0.4 is 30.7 Å². The quantitative estimate of drug-likeness (QED) is 0.140. The SMILES string of the molecule is O=C(NC1CCCCC1)NS(=O)(=O)c1ccc(CCNC(=O)c2cnc(C(=O)NCCc3ccc(S(=O)(=O)NC(=O)NC4CCCCC4)cc3)cn2)cc1. The molecule has 18 heteroatoms. The highest BCUT2D eigenvalue weighted by molar-refractivity contribution is 7.90. The fraction of sp³-hybridized carbons (Fsp3) is 0.444. The van der Waals surface area contributed by atoms with E-state index in [0.29, 0.717) is 12.8 Å². The van der Waals surface area contributed by atoms with Gasteiger partial charge in [-0.2, -0.15) is 0 Å². The van der Waals surface area contributed by atoms with Gasteiger partial charge in [-0.05, 0) is 73.9 Å². The Hall–Kier alpha value is -5.10. The van der Waals surface area contributed by atoms with Crippen LogP contribution in [0.4, 0.5) is 9.59 Å². The molecule has 0 bridgehead atoms. The molecule has 1 aromatic heterocycles. The molecule has 290 valence electrons. The summed E-state index contributed by atoms with van der Waals surface area (Å²) in [5, 5.41) is 10.9. The summed E-state index contributed by atoms with van der Waals surface area (Å²) in [7, 11) is -8.09. The van der Waals surface area contributed by atoms with Crippen LogP contribution in [0.1, 0.15) is 96.3 Å². The minimum absolute atomic E-state index is 0.00145. The van der Waals surface area contributed by atoms with E-state index in [4.69, 9.17) is 0 Å². The van der Waals surface area contributed by atoms with Crippen LogP contribution in [-0.2, 0) is 32.9 Å². The number of benzene rings is 2. The van der Waals surface area contributed by atoms with Gasteiger partial charge < -0.3 is 21.3 Å². The van der Waals surface area contributed by atoms with Crippen LogP contribution in [0.25, 0.3) is 0 Å². The van der Waals surface area contributed by atoms with E-state index >= 15 is 0 Å². The van der Waals surface area contributed by atoms with Gasteiger partial charge >= 0.3 is 12.1 Å². The van der Waals surface area contributed by atoms with Crippen molar-refractivity contribution in [1.82, 2.24) is 40.7 Å². The number of amides is 6. The molecule has 0 atom stereocenters. The van der Waals surface area contributed by atoms with E-state index in [1.54, 1.807) is 24.3 Å². The summed E-state index contributed by atoms with van der Waals surface area (Å²) in [4.78, 5) is 57.6. The molecule has 0 radical (unpaired) electrons. The highest BCUT2D eigenvalue weighted by Crippen LogP contribution is 2.19. The molecular formula is C36H46N8O8S2. The van der Waals surface area contributed by atoms with Crippen molar-refractivity contribution in [3.05, 3.63) is 83.4 Å². The first-order valence-corrected chi connectivity index (χ1v) is 21.1. The average molecular weight is 783 g/mol. The molecule has 5 rings (SSSR count). The van der Waals surface area contributed by atoms with E-state index in [2.05, 4.69) is 40.7 Å². The van der Waals surface area contributed by atoms with Crippen molar-refractivity contribution in [2.45, 2.75) is 98.9 Å². The molecule has 2 aromatic carbocycles. The van der Waals surface area contributed by atoms with E-state index in [1.807, 2.05) is 0 Å². The molecule has 6 amide bonds. The van der Waals surface area contributed by atoms with E-state index in [-0.39, 0.29) is 46.4 Å². The van der Waals surface area contributed by atoms with Gasteiger partial charge in [0.2, 0.25) is 0 Å². The Kier molecular flexibility index (Phi) is 13.9. The predicted octanol–water partition coefficient (Wildman–Crippen LogP) is 3.06. The zero-order valence-corrected chi connectivity index (χ0v) is 31.4. The molecule has 2 fully saturated rings. The van der Waals surface area contributed by atoms with Crippen LogP contribution in [0.3, 0.4) is 0 Å². The lowest BCUT2D eigenvalue weighted by molar-refractivity contribution is 0.0934. The van der Waals surface area contributed by atoms with Gasteiger partial charge in [0.25, 0.3) is 31.9 Å². The van der Waals surface area contributed by atoms with Crippen molar-refractivity contribution in [2.24, 2.45) is 0 Å². The summed E-state index contributed by atoms with van der Waals surface area (Å²) < 4.78 is 54.7. The summed E-state index contributed by atoms with van der Waals surface area (Å²) in [5.41, 5.74) is 1.51. The van der Waals surface area contributed by atoms with Gasteiger partial charge in [0.15, 0.2) is 0 Å². The number of nitrogens with zero attached hydrogens (tertiary/aromatic N) is 2. The van der Waals surface area contributed by atoms with Crippen LogP contribution in [0.15, 0.2) is 70.7 Å². The lowest BCUT2D eigenvalue weighted by Gasteiger charge is -2.22. The predicted molar refractivity (Wildman–Crippen MR) is 198 cm³/mol. The maximum absolute atomic E-state index is 12.6. The van der Waals surface area contributed by atoms with Gasteiger partial charge in [-0.15, -0.1) is 0 Å².